The smallest absolute Gasteiger partial charge is 0.315 e. The quantitative estimate of drug-likeness (QED) is 0.352. The normalized spacial score (nSPS) is 10.0. The molecule has 2 aromatic rings. The Morgan fingerprint density at radius 3 is 2.22 bits per heavy atom. The number of methoxy groups -OCH3 is 2. The van der Waals surface area contributed by atoms with E-state index in [2.05, 4.69) is 0 Å². The van der Waals surface area contributed by atoms with Gasteiger partial charge >= 0.3 is 11.7 Å². The highest BCUT2D eigenvalue weighted by Gasteiger charge is 2.19. The molecule has 23 heavy (non-hydrogen) atoms. The van der Waals surface area contributed by atoms with E-state index in [1.54, 1.807) is 31.4 Å². The summed E-state index contributed by atoms with van der Waals surface area (Å²) in [6.45, 7) is 0. The molecular weight excluding hydrogens is 302 g/mol. The van der Waals surface area contributed by atoms with Gasteiger partial charge in [0.25, 0.3) is 0 Å². The second-order valence-corrected chi connectivity index (χ2v) is 4.59. The number of rotatable bonds is 6. The maximum Gasteiger partial charge on any atom is 0.315 e. The summed E-state index contributed by atoms with van der Waals surface area (Å²) in [6.07, 6.45) is -0.00677. The van der Waals surface area contributed by atoms with Gasteiger partial charge in [-0.15, -0.1) is 0 Å². The number of nitro groups is 1. The number of nitrogens with zero attached hydrogens (tertiary/aromatic N) is 1. The second-order valence-electron chi connectivity index (χ2n) is 4.59. The van der Waals surface area contributed by atoms with E-state index in [9.17, 15) is 14.9 Å². The largest absolute Gasteiger partial charge is 0.497 e. The number of nitro benzene ring substituents is 1. The molecule has 0 aliphatic carbocycles. The molecule has 0 aliphatic heterocycles. The van der Waals surface area contributed by atoms with Gasteiger partial charge in [0.1, 0.15) is 11.5 Å². The first kappa shape index (κ1) is 16.3. The molecule has 0 unspecified atom stereocenters. The van der Waals surface area contributed by atoms with Crippen molar-refractivity contribution in [2.45, 2.75) is 6.42 Å². The standard InChI is InChI=1S/C16H15NO6/c1-21-12-5-3-11(4-6-12)9-16(18)23-15-8-7-13(22-2)10-14(15)17(19)20/h3-8,10H,9H2,1-2H3. The highest BCUT2D eigenvalue weighted by molar-refractivity contribution is 5.76. The van der Waals surface area contributed by atoms with Crippen LogP contribution in [0.15, 0.2) is 42.5 Å². The van der Waals surface area contributed by atoms with E-state index in [0.29, 0.717) is 17.1 Å². The molecule has 0 heterocycles. The Kier molecular flexibility index (Phi) is 5.14. The summed E-state index contributed by atoms with van der Waals surface area (Å²) in [5.74, 6) is 0.275. The molecular formula is C16H15NO6. The number of benzene rings is 2. The number of esters is 1. The van der Waals surface area contributed by atoms with Crippen molar-refractivity contribution < 1.29 is 23.9 Å². The third-order valence-corrected chi connectivity index (χ3v) is 3.09. The first-order valence-corrected chi connectivity index (χ1v) is 6.69. The molecule has 0 aliphatic rings. The lowest BCUT2D eigenvalue weighted by Crippen LogP contribution is -2.12. The van der Waals surface area contributed by atoms with E-state index >= 15 is 0 Å². The Hall–Kier alpha value is -3.09. The SMILES string of the molecule is COc1ccc(CC(=O)Oc2ccc(OC)cc2[N+](=O)[O-])cc1. The predicted molar refractivity (Wildman–Crippen MR) is 82.0 cm³/mol. The van der Waals surface area contributed by atoms with Crippen LogP contribution in [0.5, 0.6) is 17.2 Å². The van der Waals surface area contributed by atoms with Gasteiger partial charge in [-0.25, -0.2) is 0 Å². The van der Waals surface area contributed by atoms with Crippen molar-refractivity contribution in [2.75, 3.05) is 14.2 Å². The van der Waals surface area contributed by atoms with Gasteiger partial charge in [-0.3, -0.25) is 14.9 Å². The topological polar surface area (TPSA) is 87.9 Å². The zero-order valence-electron chi connectivity index (χ0n) is 12.6. The van der Waals surface area contributed by atoms with Gasteiger partial charge in [-0.05, 0) is 29.8 Å². The van der Waals surface area contributed by atoms with E-state index in [1.807, 2.05) is 0 Å². The molecule has 0 N–H and O–H groups in total. The monoisotopic (exact) mass is 317 g/mol. The predicted octanol–water partition coefficient (Wildman–Crippen LogP) is 2.76. The Balaban J connectivity index is 2.11. The number of carbonyl (C=O) groups is 1. The molecule has 0 bridgehead atoms. The van der Waals surface area contributed by atoms with Crippen LogP contribution in [0.25, 0.3) is 0 Å². The van der Waals surface area contributed by atoms with Gasteiger partial charge in [-0.1, -0.05) is 12.1 Å². The summed E-state index contributed by atoms with van der Waals surface area (Å²) < 4.78 is 15.1. The second kappa shape index (κ2) is 7.26. The van der Waals surface area contributed by atoms with Gasteiger partial charge in [0.15, 0.2) is 0 Å². The average Bonchev–Trinajstić information content (AvgIpc) is 2.55. The molecule has 0 radical (unpaired) electrons. The van der Waals surface area contributed by atoms with Crippen molar-refractivity contribution >= 4 is 11.7 Å². The maximum absolute atomic E-state index is 12.0. The van der Waals surface area contributed by atoms with E-state index in [-0.39, 0.29) is 17.9 Å². The van der Waals surface area contributed by atoms with E-state index in [4.69, 9.17) is 14.2 Å². The number of ether oxygens (including phenoxy) is 3. The summed E-state index contributed by atoms with van der Waals surface area (Å²) in [7, 11) is 2.94. The van der Waals surface area contributed by atoms with Crippen molar-refractivity contribution in [1.29, 1.82) is 0 Å². The fourth-order valence-electron chi connectivity index (χ4n) is 1.92. The first-order chi connectivity index (χ1) is 11.0. The zero-order valence-corrected chi connectivity index (χ0v) is 12.6. The van der Waals surface area contributed by atoms with Crippen molar-refractivity contribution in [1.82, 2.24) is 0 Å². The number of carbonyl (C=O) groups excluding carboxylic acids is 1. The highest BCUT2D eigenvalue weighted by Crippen LogP contribution is 2.31. The lowest BCUT2D eigenvalue weighted by atomic mass is 10.1. The Labute approximate surface area is 132 Å². The van der Waals surface area contributed by atoms with Crippen molar-refractivity contribution in [3.05, 3.63) is 58.1 Å². The van der Waals surface area contributed by atoms with Crippen LogP contribution < -0.4 is 14.2 Å². The fraction of sp³-hybridized carbons (Fsp3) is 0.188. The zero-order chi connectivity index (χ0) is 16.8. The van der Waals surface area contributed by atoms with Crippen molar-refractivity contribution in [3.63, 3.8) is 0 Å². The molecule has 0 saturated heterocycles. The van der Waals surface area contributed by atoms with Gasteiger partial charge in [0.2, 0.25) is 5.75 Å². The molecule has 0 aromatic heterocycles. The Morgan fingerprint density at radius 2 is 1.65 bits per heavy atom. The number of hydrogen-bond acceptors (Lipinski definition) is 6. The van der Waals surface area contributed by atoms with Crippen LogP contribution in [0.1, 0.15) is 5.56 Å². The Morgan fingerprint density at radius 1 is 1.04 bits per heavy atom. The van der Waals surface area contributed by atoms with Crippen molar-refractivity contribution in [2.24, 2.45) is 0 Å². The van der Waals surface area contributed by atoms with E-state index < -0.39 is 10.9 Å². The van der Waals surface area contributed by atoms with Gasteiger partial charge in [0, 0.05) is 0 Å². The molecule has 2 rings (SSSR count). The maximum atomic E-state index is 12.0. The molecule has 0 atom stereocenters. The van der Waals surface area contributed by atoms with Crippen LogP contribution >= 0.6 is 0 Å². The first-order valence-electron chi connectivity index (χ1n) is 6.69. The molecule has 0 spiro atoms. The molecule has 120 valence electrons. The van der Waals surface area contributed by atoms with Crippen molar-refractivity contribution in [3.8, 4) is 17.2 Å². The lowest BCUT2D eigenvalue weighted by Gasteiger charge is -2.07. The average molecular weight is 317 g/mol. The highest BCUT2D eigenvalue weighted by atomic mass is 16.6. The van der Waals surface area contributed by atoms with Crippen LogP contribution in [-0.4, -0.2) is 25.1 Å². The minimum Gasteiger partial charge on any atom is -0.497 e. The number of hydrogen-bond donors (Lipinski definition) is 0. The molecule has 2 aromatic carbocycles. The van der Waals surface area contributed by atoms with Gasteiger partial charge < -0.3 is 14.2 Å². The molecule has 0 saturated carbocycles. The van der Waals surface area contributed by atoms with Gasteiger partial charge in [-0.2, -0.15) is 0 Å². The van der Waals surface area contributed by atoms with E-state index in [1.165, 1.54) is 25.3 Å². The molecule has 7 nitrogen and oxygen atoms in total. The van der Waals surface area contributed by atoms with Gasteiger partial charge in [0.05, 0.1) is 31.6 Å². The summed E-state index contributed by atoms with van der Waals surface area (Å²) in [6, 6.07) is 10.9. The fourth-order valence-corrected chi connectivity index (χ4v) is 1.92. The summed E-state index contributed by atoms with van der Waals surface area (Å²) in [4.78, 5) is 22.4. The third-order valence-electron chi connectivity index (χ3n) is 3.09. The minimum atomic E-state index is -0.626. The van der Waals surface area contributed by atoms with Crippen LogP contribution in [0, 0.1) is 10.1 Å². The lowest BCUT2D eigenvalue weighted by molar-refractivity contribution is -0.385. The molecule has 7 heteroatoms. The van der Waals surface area contributed by atoms with Crippen LogP contribution in [0.3, 0.4) is 0 Å². The summed E-state index contributed by atoms with van der Waals surface area (Å²) in [5, 5.41) is 11.0. The third kappa shape index (κ3) is 4.19. The summed E-state index contributed by atoms with van der Waals surface area (Å²) in [5.41, 5.74) is 0.388. The minimum absolute atomic E-state index is 0.00677. The van der Waals surface area contributed by atoms with Crippen LogP contribution in [0.4, 0.5) is 5.69 Å². The Bertz CT molecular complexity index is 711. The van der Waals surface area contributed by atoms with Crippen LogP contribution in [-0.2, 0) is 11.2 Å². The van der Waals surface area contributed by atoms with E-state index in [0.717, 1.165) is 0 Å². The molecule has 0 fully saturated rings. The molecule has 0 amide bonds. The summed E-state index contributed by atoms with van der Waals surface area (Å²) >= 11 is 0. The van der Waals surface area contributed by atoms with Crippen LogP contribution in [0.2, 0.25) is 0 Å².